The van der Waals surface area contributed by atoms with Gasteiger partial charge in [-0.15, -0.1) is 0 Å². The van der Waals surface area contributed by atoms with Crippen molar-refractivity contribution in [1.29, 1.82) is 0 Å². The molecule has 0 spiro atoms. The molecule has 1 N–H and O–H groups in total. The normalized spacial score (nSPS) is 18.4. The fourth-order valence-electron chi connectivity index (χ4n) is 4.47. The van der Waals surface area contributed by atoms with Crippen molar-refractivity contribution in [2.45, 2.75) is 57.3 Å². The number of carbonyl (C=O) groups excluding carboxylic acids is 1. The lowest BCUT2D eigenvalue weighted by Crippen LogP contribution is -2.38. The van der Waals surface area contributed by atoms with Gasteiger partial charge in [-0.05, 0) is 63.4 Å². The van der Waals surface area contributed by atoms with Crippen molar-refractivity contribution in [1.82, 2.24) is 14.5 Å². The van der Waals surface area contributed by atoms with Crippen molar-refractivity contribution in [2.24, 2.45) is 0 Å². The summed E-state index contributed by atoms with van der Waals surface area (Å²) < 4.78 is 28.7. The van der Waals surface area contributed by atoms with Crippen LogP contribution in [0.2, 0.25) is 0 Å². The maximum atomic E-state index is 13.6. The predicted molar refractivity (Wildman–Crippen MR) is 125 cm³/mol. The van der Waals surface area contributed by atoms with Crippen LogP contribution in [-0.2, 0) is 10.0 Å². The fraction of sp³-hybridized carbons (Fsp3) is 0.696. The summed E-state index contributed by atoms with van der Waals surface area (Å²) in [6.45, 7) is 10.2. The summed E-state index contributed by atoms with van der Waals surface area (Å²) in [5.41, 5.74) is 1.15. The molecule has 0 aromatic heterocycles. The molecular formula is C23H38N4O3S. The highest BCUT2D eigenvalue weighted by Gasteiger charge is 2.31. The third-order valence-electron chi connectivity index (χ3n) is 6.46. The second-order valence-electron chi connectivity index (χ2n) is 8.48. The second kappa shape index (κ2) is 11.3. The third-order valence-corrected chi connectivity index (χ3v) is 8.39. The topological polar surface area (TPSA) is 73.0 Å². The number of rotatable bonds is 9. The first kappa shape index (κ1) is 24.0. The van der Waals surface area contributed by atoms with E-state index in [4.69, 9.17) is 0 Å². The first-order valence-electron chi connectivity index (χ1n) is 11.9. The van der Waals surface area contributed by atoms with E-state index in [-0.39, 0.29) is 10.8 Å². The Bertz CT molecular complexity index is 827. The molecule has 2 saturated heterocycles. The molecule has 2 fully saturated rings. The van der Waals surface area contributed by atoms with E-state index < -0.39 is 10.0 Å². The molecule has 1 amide bonds. The van der Waals surface area contributed by atoms with E-state index >= 15 is 0 Å². The van der Waals surface area contributed by atoms with E-state index in [1.165, 1.54) is 6.42 Å². The first-order chi connectivity index (χ1) is 15.0. The minimum absolute atomic E-state index is 0.215. The standard InChI is InChI=1S/C23H38N4O3S/c1-3-25(4-2)18-13-24-23(28)20-11-12-21(26-14-7-5-8-15-26)22(19-20)31(29,30)27-16-9-6-10-17-27/h11-12,19H,3-10,13-18H2,1-2H3,(H,24,28). The molecule has 0 saturated carbocycles. The van der Waals surface area contributed by atoms with Crippen LogP contribution >= 0.6 is 0 Å². The van der Waals surface area contributed by atoms with Crippen LogP contribution in [0.5, 0.6) is 0 Å². The molecule has 0 aliphatic carbocycles. The highest BCUT2D eigenvalue weighted by molar-refractivity contribution is 7.89. The van der Waals surface area contributed by atoms with Crippen LogP contribution in [0, 0.1) is 0 Å². The maximum Gasteiger partial charge on any atom is 0.251 e. The number of benzene rings is 1. The van der Waals surface area contributed by atoms with Gasteiger partial charge in [0.1, 0.15) is 4.90 Å². The lowest BCUT2D eigenvalue weighted by Gasteiger charge is -2.33. The number of hydrogen-bond acceptors (Lipinski definition) is 5. The average Bonchev–Trinajstić information content (AvgIpc) is 2.82. The van der Waals surface area contributed by atoms with Gasteiger partial charge in [0.05, 0.1) is 5.69 Å². The number of nitrogens with zero attached hydrogens (tertiary/aromatic N) is 3. The van der Waals surface area contributed by atoms with Crippen molar-refractivity contribution < 1.29 is 13.2 Å². The molecular weight excluding hydrogens is 412 g/mol. The maximum absolute atomic E-state index is 13.6. The lowest BCUT2D eigenvalue weighted by molar-refractivity contribution is 0.0948. The van der Waals surface area contributed by atoms with Crippen LogP contribution < -0.4 is 10.2 Å². The summed E-state index contributed by atoms with van der Waals surface area (Å²) in [5.74, 6) is -0.215. The molecule has 0 atom stereocenters. The summed E-state index contributed by atoms with van der Waals surface area (Å²) in [6, 6.07) is 5.20. The van der Waals surface area contributed by atoms with Crippen LogP contribution in [0.4, 0.5) is 5.69 Å². The number of carbonyl (C=O) groups is 1. The molecule has 174 valence electrons. The Morgan fingerprint density at radius 2 is 1.58 bits per heavy atom. The lowest BCUT2D eigenvalue weighted by atomic mass is 10.1. The molecule has 7 nitrogen and oxygen atoms in total. The van der Waals surface area contributed by atoms with E-state index in [1.807, 2.05) is 6.07 Å². The molecule has 3 rings (SSSR count). The van der Waals surface area contributed by atoms with Crippen molar-refractivity contribution in [3.8, 4) is 0 Å². The van der Waals surface area contributed by atoms with Crippen molar-refractivity contribution in [2.75, 3.05) is 57.3 Å². The summed E-state index contributed by atoms with van der Waals surface area (Å²) in [4.78, 5) is 17.5. The number of sulfonamides is 1. The second-order valence-corrected chi connectivity index (χ2v) is 10.4. The molecule has 2 aliphatic rings. The zero-order chi connectivity index (χ0) is 22.3. The monoisotopic (exact) mass is 450 g/mol. The van der Waals surface area contributed by atoms with E-state index in [0.29, 0.717) is 25.2 Å². The Morgan fingerprint density at radius 1 is 0.968 bits per heavy atom. The minimum Gasteiger partial charge on any atom is -0.370 e. The minimum atomic E-state index is -3.64. The summed E-state index contributed by atoms with van der Waals surface area (Å²) >= 11 is 0. The molecule has 8 heteroatoms. The molecule has 0 bridgehead atoms. The van der Waals surface area contributed by atoms with Crippen molar-refractivity contribution in [3.05, 3.63) is 23.8 Å². The predicted octanol–water partition coefficient (Wildman–Crippen LogP) is 2.92. The quantitative estimate of drug-likeness (QED) is 0.626. The van der Waals surface area contributed by atoms with E-state index in [2.05, 4.69) is 29.0 Å². The van der Waals surface area contributed by atoms with E-state index in [1.54, 1.807) is 16.4 Å². The van der Waals surface area contributed by atoms with Gasteiger partial charge >= 0.3 is 0 Å². The molecule has 2 heterocycles. The van der Waals surface area contributed by atoms with Crippen LogP contribution in [0.15, 0.2) is 23.1 Å². The van der Waals surface area contributed by atoms with Gasteiger partial charge in [0.15, 0.2) is 0 Å². The number of hydrogen-bond donors (Lipinski definition) is 1. The zero-order valence-electron chi connectivity index (χ0n) is 19.1. The third kappa shape index (κ3) is 5.99. The highest BCUT2D eigenvalue weighted by atomic mass is 32.2. The Kier molecular flexibility index (Phi) is 8.75. The number of anilines is 1. The van der Waals surface area contributed by atoms with E-state index in [0.717, 1.165) is 70.5 Å². The largest absolute Gasteiger partial charge is 0.370 e. The zero-order valence-corrected chi connectivity index (χ0v) is 19.9. The van der Waals surface area contributed by atoms with Gasteiger partial charge in [0, 0.05) is 44.8 Å². The van der Waals surface area contributed by atoms with Gasteiger partial charge < -0.3 is 15.1 Å². The number of nitrogens with one attached hydrogen (secondary N) is 1. The molecule has 1 aromatic rings. The average molecular weight is 451 g/mol. The Hall–Kier alpha value is -1.64. The number of amides is 1. The molecule has 0 unspecified atom stereocenters. The summed E-state index contributed by atoms with van der Waals surface area (Å²) in [7, 11) is -3.64. The summed E-state index contributed by atoms with van der Waals surface area (Å²) in [5, 5.41) is 2.95. The number of likely N-dealkylation sites (N-methyl/N-ethyl adjacent to an activating group) is 1. The fourth-order valence-corrected chi connectivity index (χ4v) is 6.23. The molecule has 0 radical (unpaired) electrons. The van der Waals surface area contributed by atoms with Gasteiger partial charge in [-0.1, -0.05) is 20.3 Å². The summed E-state index contributed by atoms with van der Waals surface area (Å²) in [6.07, 6.45) is 6.17. The molecule has 2 aliphatic heterocycles. The van der Waals surface area contributed by atoms with Gasteiger partial charge in [-0.2, -0.15) is 4.31 Å². The Balaban J connectivity index is 1.85. The van der Waals surface area contributed by atoms with Gasteiger partial charge in [-0.3, -0.25) is 4.79 Å². The van der Waals surface area contributed by atoms with Gasteiger partial charge in [-0.25, -0.2) is 8.42 Å². The van der Waals surface area contributed by atoms with E-state index in [9.17, 15) is 13.2 Å². The van der Waals surface area contributed by atoms with Crippen LogP contribution in [-0.4, -0.2) is 75.9 Å². The first-order valence-corrected chi connectivity index (χ1v) is 13.3. The van der Waals surface area contributed by atoms with Gasteiger partial charge in [0.25, 0.3) is 5.91 Å². The molecule has 31 heavy (non-hydrogen) atoms. The van der Waals surface area contributed by atoms with Crippen LogP contribution in [0.25, 0.3) is 0 Å². The Morgan fingerprint density at radius 3 is 2.19 bits per heavy atom. The van der Waals surface area contributed by atoms with Crippen LogP contribution in [0.1, 0.15) is 62.7 Å². The van der Waals surface area contributed by atoms with Crippen molar-refractivity contribution in [3.63, 3.8) is 0 Å². The van der Waals surface area contributed by atoms with Crippen molar-refractivity contribution >= 4 is 21.6 Å². The van der Waals surface area contributed by atoms with Gasteiger partial charge in [0.2, 0.25) is 10.0 Å². The van der Waals surface area contributed by atoms with Crippen LogP contribution in [0.3, 0.4) is 0 Å². The number of piperidine rings is 2. The Labute approximate surface area is 187 Å². The molecule has 1 aromatic carbocycles. The smallest absolute Gasteiger partial charge is 0.251 e. The highest BCUT2D eigenvalue weighted by Crippen LogP contribution is 2.32. The SMILES string of the molecule is CCN(CC)CCNC(=O)c1ccc(N2CCCCC2)c(S(=O)(=O)N2CCCCC2)c1.